The molecule has 0 aromatic heterocycles. The van der Waals surface area contributed by atoms with Crippen molar-refractivity contribution >= 4 is 35.2 Å². The maximum absolute atomic E-state index is 12.6. The lowest BCUT2D eigenvalue weighted by Crippen LogP contribution is -2.44. The van der Waals surface area contributed by atoms with E-state index in [9.17, 15) is 4.79 Å². The quantitative estimate of drug-likeness (QED) is 0.602. The van der Waals surface area contributed by atoms with E-state index < -0.39 is 0 Å². The van der Waals surface area contributed by atoms with Gasteiger partial charge in [0.1, 0.15) is 11.4 Å². The molecule has 0 radical (unpaired) electrons. The molecule has 0 aliphatic carbocycles. The molecule has 5 heteroatoms. The largest absolute Gasteiger partial charge is 0.487 e. The van der Waals surface area contributed by atoms with E-state index in [4.69, 9.17) is 27.9 Å². The zero-order valence-electron chi connectivity index (χ0n) is 15.5. The van der Waals surface area contributed by atoms with Gasteiger partial charge in [0.15, 0.2) is 0 Å². The van der Waals surface area contributed by atoms with Gasteiger partial charge in [-0.3, -0.25) is 4.79 Å². The number of para-hydroxylation sites is 1. The van der Waals surface area contributed by atoms with Crippen LogP contribution in [0.2, 0.25) is 10.0 Å². The Morgan fingerprint density at radius 2 is 1.96 bits per heavy atom. The number of nitrogens with one attached hydrogen (secondary N) is 1. The van der Waals surface area contributed by atoms with Gasteiger partial charge < -0.3 is 10.1 Å². The van der Waals surface area contributed by atoms with Crippen LogP contribution in [0.3, 0.4) is 0 Å². The Morgan fingerprint density at radius 3 is 2.67 bits per heavy atom. The molecule has 0 bridgehead atoms. The molecule has 27 heavy (non-hydrogen) atoms. The van der Waals surface area contributed by atoms with Gasteiger partial charge in [-0.25, -0.2) is 0 Å². The van der Waals surface area contributed by atoms with Crippen molar-refractivity contribution in [3.8, 4) is 5.75 Å². The minimum Gasteiger partial charge on any atom is -0.487 e. The number of fused-ring (bicyclic) bond motifs is 1. The van der Waals surface area contributed by atoms with Gasteiger partial charge in [0, 0.05) is 28.1 Å². The van der Waals surface area contributed by atoms with Crippen LogP contribution in [0.15, 0.2) is 48.5 Å². The summed E-state index contributed by atoms with van der Waals surface area (Å²) in [4.78, 5) is 12.6. The second kappa shape index (κ2) is 8.37. The number of ether oxygens (including phenoxy) is 1. The molecule has 0 spiro atoms. The average molecular weight is 404 g/mol. The van der Waals surface area contributed by atoms with Crippen molar-refractivity contribution in [1.82, 2.24) is 5.32 Å². The smallest absolute Gasteiger partial charge is 0.244 e. The standard InChI is InChI=1S/C22H23Cl2NO2/c1-3-22(4-2)14-19(17-7-5-6-8-20(17)27-22)25-21(26)12-10-15-9-11-16(23)13-18(15)24/h5-13,19H,3-4,14H2,1-2H3,(H,25,26)/b12-10+. The van der Waals surface area contributed by atoms with E-state index in [1.165, 1.54) is 6.08 Å². The van der Waals surface area contributed by atoms with Crippen molar-refractivity contribution < 1.29 is 9.53 Å². The van der Waals surface area contributed by atoms with Gasteiger partial charge in [-0.15, -0.1) is 0 Å². The number of benzene rings is 2. The van der Waals surface area contributed by atoms with Crippen molar-refractivity contribution in [1.29, 1.82) is 0 Å². The molecule has 0 saturated carbocycles. The second-order valence-electron chi connectivity index (χ2n) is 6.79. The Morgan fingerprint density at radius 1 is 1.22 bits per heavy atom. The molecular formula is C22H23Cl2NO2. The predicted octanol–water partition coefficient (Wildman–Crippen LogP) is 6.21. The summed E-state index contributed by atoms with van der Waals surface area (Å²) in [7, 11) is 0. The summed E-state index contributed by atoms with van der Waals surface area (Å²) in [6, 6.07) is 13.0. The number of hydrogen-bond donors (Lipinski definition) is 1. The van der Waals surface area contributed by atoms with E-state index in [0.717, 1.165) is 36.1 Å². The van der Waals surface area contributed by atoms with Crippen LogP contribution in [0.5, 0.6) is 5.75 Å². The maximum atomic E-state index is 12.6. The Kier molecular flexibility index (Phi) is 6.13. The number of carbonyl (C=O) groups excluding carboxylic acids is 1. The average Bonchev–Trinajstić information content (AvgIpc) is 2.67. The Bertz CT molecular complexity index is 859. The summed E-state index contributed by atoms with van der Waals surface area (Å²) in [6.07, 6.45) is 5.73. The van der Waals surface area contributed by atoms with Crippen molar-refractivity contribution in [2.45, 2.75) is 44.8 Å². The summed E-state index contributed by atoms with van der Waals surface area (Å²) in [5.74, 6) is 0.686. The predicted molar refractivity (Wildman–Crippen MR) is 111 cm³/mol. The fourth-order valence-electron chi connectivity index (χ4n) is 3.45. The molecule has 3 nitrogen and oxygen atoms in total. The lowest BCUT2D eigenvalue weighted by molar-refractivity contribution is -0.117. The zero-order chi connectivity index (χ0) is 19.4. The van der Waals surface area contributed by atoms with E-state index in [2.05, 4.69) is 19.2 Å². The SMILES string of the molecule is CCC1(CC)CC(NC(=O)/C=C/c2ccc(Cl)cc2Cl)c2ccccc2O1. The van der Waals surface area contributed by atoms with Crippen molar-refractivity contribution in [3.05, 3.63) is 69.7 Å². The van der Waals surface area contributed by atoms with Gasteiger partial charge in [-0.1, -0.05) is 61.3 Å². The highest BCUT2D eigenvalue weighted by Crippen LogP contribution is 2.42. The third kappa shape index (κ3) is 4.48. The fraction of sp³-hybridized carbons (Fsp3) is 0.318. The maximum Gasteiger partial charge on any atom is 0.244 e. The van der Waals surface area contributed by atoms with Crippen molar-refractivity contribution in [3.63, 3.8) is 0 Å². The number of rotatable bonds is 5. The minimum absolute atomic E-state index is 0.0901. The van der Waals surface area contributed by atoms with E-state index in [1.807, 2.05) is 24.3 Å². The molecule has 1 heterocycles. The van der Waals surface area contributed by atoms with Crippen molar-refractivity contribution in [2.75, 3.05) is 0 Å². The molecule has 1 amide bonds. The summed E-state index contributed by atoms with van der Waals surface area (Å²) >= 11 is 12.1. The number of carbonyl (C=O) groups is 1. The molecule has 1 aliphatic heterocycles. The number of halogens is 2. The summed E-state index contributed by atoms with van der Waals surface area (Å²) < 4.78 is 6.29. The highest BCUT2D eigenvalue weighted by atomic mass is 35.5. The van der Waals surface area contributed by atoms with Gasteiger partial charge in [0.25, 0.3) is 0 Å². The van der Waals surface area contributed by atoms with Crippen LogP contribution in [-0.4, -0.2) is 11.5 Å². The van der Waals surface area contributed by atoms with Gasteiger partial charge >= 0.3 is 0 Å². The summed E-state index contributed by atoms with van der Waals surface area (Å²) in [5.41, 5.74) is 1.51. The Balaban J connectivity index is 1.79. The third-order valence-corrected chi connectivity index (χ3v) is 5.74. The molecule has 2 aromatic carbocycles. The summed E-state index contributed by atoms with van der Waals surface area (Å²) in [5, 5.41) is 4.20. The lowest BCUT2D eigenvalue weighted by Gasteiger charge is -2.41. The van der Waals surface area contributed by atoms with Gasteiger partial charge in [0.05, 0.1) is 6.04 Å². The monoisotopic (exact) mass is 403 g/mol. The van der Waals surface area contributed by atoms with Crippen LogP contribution in [0.4, 0.5) is 0 Å². The first-order valence-corrected chi connectivity index (χ1v) is 9.93. The number of amides is 1. The van der Waals surface area contributed by atoms with Crippen LogP contribution >= 0.6 is 23.2 Å². The van der Waals surface area contributed by atoms with Crippen LogP contribution < -0.4 is 10.1 Å². The molecule has 3 rings (SSSR count). The van der Waals surface area contributed by atoms with Crippen LogP contribution in [-0.2, 0) is 4.79 Å². The Labute approximate surface area is 170 Å². The number of hydrogen-bond acceptors (Lipinski definition) is 2. The molecule has 1 unspecified atom stereocenters. The normalized spacial score (nSPS) is 18.0. The molecule has 2 aromatic rings. The first-order valence-electron chi connectivity index (χ1n) is 9.18. The van der Waals surface area contributed by atoms with Crippen molar-refractivity contribution in [2.24, 2.45) is 0 Å². The minimum atomic E-state index is -0.254. The molecule has 1 atom stereocenters. The highest BCUT2D eigenvalue weighted by Gasteiger charge is 2.38. The molecule has 142 valence electrons. The van der Waals surface area contributed by atoms with Crippen LogP contribution in [0.1, 0.15) is 50.3 Å². The summed E-state index contributed by atoms with van der Waals surface area (Å²) in [6.45, 7) is 4.25. The van der Waals surface area contributed by atoms with Gasteiger partial charge in [0.2, 0.25) is 5.91 Å². The van der Waals surface area contributed by atoms with E-state index in [-0.39, 0.29) is 17.6 Å². The van der Waals surface area contributed by atoms with Gasteiger partial charge in [-0.2, -0.15) is 0 Å². The first kappa shape index (κ1) is 19.8. The highest BCUT2D eigenvalue weighted by molar-refractivity contribution is 6.35. The zero-order valence-corrected chi connectivity index (χ0v) is 17.0. The molecule has 1 aliphatic rings. The van der Waals surface area contributed by atoms with E-state index >= 15 is 0 Å². The molecule has 0 fully saturated rings. The fourth-order valence-corrected chi connectivity index (χ4v) is 3.92. The lowest BCUT2D eigenvalue weighted by atomic mass is 9.83. The molecule has 0 saturated heterocycles. The van der Waals surface area contributed by atoms with Gasteiger partial charge in [-0.05, 0) is 42.7 Å². The van der Waals surface area contributed by atoms with E-state index in [1.54, 1.807) is 24.3 Å². The third-order valence-electron chi connectivity index (χ3n) is 5.18. The van der Waals surface area contributed by atoms with Crippen LogP contribution in [0, 0.1) is 0 Å². The first-order chi connectivity index (χ1) is 13.0. The molecule has 1 N–H and O–H groups in total. The topological polar surface area (TPSA) is 38.3 Å². The second-order valence-corrected chi connectivity index (χ2v) is 7.64. The Hall–Kier alpha value is -1.97. The van der Waals surface area contributed by atoms with Crippen LogP contribution in [0.25, 0.3) is 6.08 Å². The van der Waals surface area contributed by atoms with E-state index in [0.29, 0.717) is 10.0 Å². The molecular weight excluding hydrogens is 381 g/mol.